The van der Waals surface area contributed by atoms with Crippen molar-refractivity contribution in [3.05, 3.63) is 60.3 Å². The lowest BCUT2D eigenvalue weighted by molar-refractivity contribution is -0.115. The molecule has 1 amide bonds. The number of thioether (sulfide) groups is 1. The number of carbonyl (C=O) groups excluding carboxylic acids is 1. The van der Waals surface area contributed by atoms with Gasteiger partial charge in [-0.1, -0.05) is 11.6 Å². The fourth-order valence-corrected chi connectivity index (χ4v) is 4.44. The monoisotopic (exact) mass is 500 g/mol. The van der Waals surface area contributed by atoms with Crippen molar-refractivity contribution < 1.29 is 9.90 Å². The second kappa shape index (κ2) is 7.53. The summed E-state index contributed by atoms with van der Waals surface area (Å²) in [6, 6.07) is 8.87. The lowest BCUT2D eigenvalue weighted by Gasteiger charge is -2.02. The summed E-state index contributed by atoms with van der Waals surface area (Å²) < 4.78 is 1.09. The molecule has 0 spiro atoms. The Labute approximate surface area is 170 Å². The highest BCUT2D eigenvalue weighted by Crippen LogP contribution is 2.35. The summed E-state index contributed by atoms with van der Waals surface area (Å²) >= 11 is 13.8. The summed E-state index contributed by atoms with van der Waals surface area (Å²) in [4.78, 5) is 17.2. The van der Waals surface area contributed by atoms with Crippen LogP contribution in [0, 0.1) is 6.92 Å². The minimum Gasteiger partial charge on any atom is -0.506 e. The SMILES string of the molecule is Cc1cc(Cl)ccc1N=C1NC(=O)/C(=C/c2cc(Br)c(O)c(Br)c2)S1. The van der Waals surface area contributed by atoms with Gasteiger partial charge in [0.05, 0.1) is 19.5 Å². The Morgan fingerprint density at radius 3 is 2.56 bits per heavy atom. The Bertz CT molecular complexity index is 921. The zero-order valence-electron chi connectivity index (χ0n) is 12.8. The number of nitrogens with one attached hydrogen (secondary N) is 1. The molecule has 3 rings (SSSR count). The first-order valence-electron chi connectivity index (χ1n) is 7.07. The number of halogens is 3. The molecule has 0 bridgehead atoms. The van der Waals surface area contributed by atoms with E-state index in [2.05, 4.69) is 42.2 Å². The topological polar surface area (TPSA) is 61.7 Å². The summed E-state index contributed by atoms with van der Waals surface area (Å²) in [6.45, 7) is 1.91. The Morgan fingerprint density at radius 2 is 1.92 bits per heavy atom. The molecule has 1 aliphatic rings. The van der Waals surface area contributed by atoms with Gasteiger partial charge in [0, 0.05) is 5.02 Å². The Morgan fingerprint density at radius 1 is 1.24 bits per heavy atom. The zero-order valence-corrected chi connectivity index (χ0v) is 17.6. The fourth-order valence-electron chi connectivity index (χ4n) is 2.15. The van der Waals surface area contributed by atoms with Crippen LogP contribution in [0.1, 0.15) is 11.1 Å². The van der Waals surface area contributed by atoms with E-state index < -0.39 is 0 Å². The molecule has 0 radical (unpaired) electrons. The van der Waals surface area contributed by atoms with Crippen molar-refractivity contribution in [1.82, 2.24) is 5.32 Å². The standard InChI is InChI=1S/C17H11Br2ClN2O2S/c1-8-4-10(20)2-3-13(8)21-17-22-16(24)14(25-17)7-9-5-11(18)15(23)12(19)6-9/h2-7,23H,1H3,(H,21,22,24)/b14-7-. The molecule has 1 aliphatic heterocycles. The molecule has 2 N–H and O–H groups in total. The molecule has 128 valence electrons. The maximum absolute atomic E-state index is 12.2. The number of hydrogen-bond donors (Lipinski definition) is 2. The van der Waals surface area contributed by atoms with E-state index >= 15 is 0 Å². The molecule has 2 aromatic carbocycles. The maximum atomic E-state index is 12.2. The van der Waals surface area contributed by atoms with Gasteiger partial charge in [-0.2, -0.15) is 0 Å². The molecular weight excluding hydrogens is 492 g/mol. The van der Waals surface area contributed by atoms with E-state index in [4.69, 9.17) is 11.6 Å². The van der Waals surface area contributed by atoms with E-state index in [-0.39, 0.29) is 11.7 Å². The lowest BCUT2D eigenvalue weighted by Crippen LogP contribution is -2.19. The number of amides is 1. The summed E-state index contributed by atoms with van der Waals surface area (Å²) in [5.41, 5.74) is 2.46. The molecule has 0 aromatic heterocycles. The van der Waals surface area contributed by atoms with Gasteiger partial charge in [-0.25, -0.2) is 4.99 Å². The van der Waals surface area contributed by atoms with Crippen LogP contribution < -0.4 is 5.32 Å². The highest BCUT2D eigenvalue weighted by Gasteiger charge is 2.24. The molecule has 4 nitrogen and oxygen atoms in total. The van der Waals surface area contributed by atoms with Crippen molar-refractivity contribution in [2.45, 2.75) is 6.92 Å². The summed E-state index contributed by atoms with van der Waals surface area (Å²) in [6.07, 6.45) is 1.74. The largest absolute Gasteiger partial charge is 0.506 e. The van der Waals surface area contributed by atoms with E-state index in [1.165, 1.54) is 11.8 Å². The number of phenols is 1. The third-order valence-electron chi connectivity index (χ3n) is 3.37. The number of amidine groups is 1. The molecule has 2 aromatic rings. The Kier molecular flexibility index (Phi) is 5.58. The summed E-state index contributed by atoms with van der Waals surface area (Å²) in [7, 11) is 0. The van der Waals surface area contributed by atoms with E-state index in [0.29, 0.717) is 24.0 Å². The minimum absolute atomic E-state index is 0.117. The number of rotatable bonds is 2. The fraction of sp³-hybridized carbons (Fsp3) is 0.0588. The summed E-state index contributed by atoms with van der Waals surface area (Å²) in [5.74, 6) is -0.0955. The van der Waals surface area contributed by atoms with Crippen molar-refractivity contribution in [2.24, 2.45) is 4.99 Å². The number of aromatic hydroxyl groups is 1. The van der Waals surface area contributed by atoms with Crippen LogP contribution >= 0.6 is 55.2 Å². The van der Waals surface area contributed by atoms with Gasteiger partial charge in [0.1, 0.15) is 5.75 Å². The molecule has 25 heavy (non-hydrogen) atoms. The van der Waals surface area contributed by atoms with Gasteiger partial charge >= 0.3 is 0 Å². The van der Waals surface area contributed by atoms with Crippen LogP contribution in [-0.2, 0) is 4.79 Å². The molecular formula is C17H11Br2ClN2O2S. The number of benzene rings is 2. The highest BCUT2D eigenvalue weighted by molar-refractivity contribution is 9.11. The quantitative estimate of drug-likeness (QED) is 0.513. The average Bonchev–Trinajstić information content (AvgIpc) is 2.87. The van der Waals surface area contributed by atoms with Gasteiger partial charge in [-0.05, 0) is 98.1 Å². The zero-order chi connectivity index (χ0) is 18.1. The summed E-state index contributed by atoms with van der Waals surface area (Å²) in [5, 5.41) is 13.7. The second-order valence-electron chi connectivity index (χ2n) is 5.25. The number of carbonyl (C=O) groups is 1. The number of hydrogen-bond acceptors (Lipinski definition) is 4. The highest BCUT2D eigenvalue weighted by atomic mass is 79.9. The smallest absolute Gasteiger partial charge is 0.264 e. The molecule has 0 saturated carbocycles. The third-order valence-corrected chi connectivity index (χ3v) is 5.72. The molecule has 0 unspecified atom stereocenters. The molecule has 1 fully saturated rings. The van der Waals surface area contributed by atoms with Crippen LogP contribution in [-0.4, -0.2) is 16.2 Å². The number of phenolic OH excluding ortho intramolecular Hbond substituents is 1. The first-order chi connectivity index (χ1) is 11.8. The average molecular weight is 503 g/mol. The number of nitrogens with zero attached hydrogens (tertiary/aromatic N) is 1. The normalized spacial score (nSPS) is 17.4. The van der Waals surface area contributed by atoms with E-state index in [1.54, 1.807) is 24.3 Å². The third kappa shape index (κ3) is 4.28. The lowest BCUT2D eigenvalue weighted by atomic mass is 10.2. The molecule has 1 heterocycles. The predicted molar refractivity (Wildman–Crippen MR) is 111 cm³/mol. The van der Waals surface area contributed by atoms with Crippen LogP contribution in [0.5, 0.6) is 5.75 Å². The molecule has 8 heteroatoms. The minimum atomic E-state index is -0.212. The second-order valence-corrected chi connectivity index (χ2v) is 8.42. The van der Waals surface area contributed by atoms with Crippen LogP contribution in [0.2, 0.25) is 5.02 Å². The van der Waals surface area contributed by atoms with Crippen LogP contribution in [0.25, 0.3) is 6.08 Å². The van der Waals surface area contributed by atoms with Gasteiger partial charge in [0.25, 0.3) is 5.91 Å². The van der Waals surface area contributed by atoms with Crippen molar-refractivity contribution in [2.75, 3.05) is 0 Å². The number of aryl methyl sites for hydroxylation is 1. The van der Waals surface area contributed by atoms with Crippen molar-refractivity contribution in [1.29, 1.82) is 0 Å². The van der Waals surface area contributed by atoms with E-state index in [0.717, 1.165) is 16.8 Å². The first-order valence-corrected chi connectivity index (χ1v) is 9.85. The van der Waals surface area contributed by atoms with Crippen molar-refractivity contribution in [3.63, 3.8) is 0 Å². The Balaban J connectivity index is 1.88. The first kappa shape index (κ1) is 18.5. The van der Waals surface area contributed by atoms with Gasteiger partial charge in [-0.3, -0.25) is 4.79 Å². The van der Waals surface area contributed by atoms with Crippen molar-refractivity contribution >= 4 is 78.1 Å². The van der Waals surface area contributed by atoms with Crippen LogP contribution in [0.3, 0.4) is 0 Å². The van der Waals surface area contributed by atoms with Gasteiger partial charge in [0.15, 0.2) is 5.17 Å². The maximum Gasteiger partial charge on any atom is 0.264 e. The Hall–Kier alpha value is -1.28. The van der Waals surface area contributed by atoms with Crippen molar-refractivity contribution in [3.8, 4) is 5.75 Å². The molecule has 0 aliphatic carbocycles. The van der Waals surface area contributed by atoms with Gasteiger partial charge in [0.2, 0.25) is 0 Å². The van der Waals surface area contributed by atoms with Gasteiger partial charge in [-0.15, -0.1) is 0 Å². The molecule has 1 saturated heterocycles. The predicted octanol–water partition coefficient (Wildman–Crippen LogP) is 5.77. The molecule has 0 atom stereocenters. The van der Waals surface area contributed by atoms with E-state index in [9.17, 15) is 9.90 Å². The van der Waals surface area contributed by atoms with E-state index in [1.807, 2.05) is 19.1 Å². The number of aliphatic imine (C=N–C) groups is 1. The van der Waals surface area contributed by atoms with Crippen LogP contribution in [0.15, 0.2) is 49.2 Å². The van der Waals surface area contributed by atoms with Gasteiger partial charge < -0.3 is 10.4 Å². The van der Waals surface area contributed by atoms with Crippen LogP contribution in [0.4, 0.5) is 5.69 Å².